The summed E-state index contributed by atoms with van der Waals surface area (Å²) in [6, 6.07) is 10.9. The van der Waals surface area contributed by atoms with Crippen molar-refractivity contribution in [2.45, 2.75) is 36.6 Å². The summed E-state index contributed by atoms with van der Waals surface area (Å²) >= 11 is 5.86. The summed E-state index contributed by atoms with van der Waals surface area (Å²) in [4.78, 5) is 24.2. The van der Waals surface area contributed by atoms with Gasteiger partial charge >= 0.3 is 11.8 Å². The van der Waals surface area contributed by atoms with E-state index in [-0.39, 0.29) is 23.2 Å². The summed E-state index contributed by atoms with van der Waals surface area (Å²) in [5.41, 5.74) is 0.174. The number of benzene rings is 2. The van der Waals surface area contributed by atoms with E-state index in [1.54, 1.807) is 0 Å². The Bertz CT molecular complexity index is 1050. The molecule has 0 radical (unpaired) electrons. The van der Waals surface area contributed by atoms with Gasteiger partial charge in [0.1, 0.15) is 5.82 Å². The molecule has 3 rings (SSSR count). The zero-order valence-electron chi connectivity index (χ0n) is 16.7. The second-order valence-corrected chi connectivity index (χ2v) is 9.56. The first-order chi connectivity index (χ1) is 14.8. The topological polar surface area (TPSA) is 95.6 Å². The van der Waals surface area contributed by atoms with Crippen LogP contribution in [-0.4, -0.2) is 43.7 Å². The van der Waals surface area contributed by atoms with E-state index in [0.717, 1.165) is 18.9 Å². The Morgan fingerprint density at radius 3 is 2.55 bits per heavy atom. The number of nitrogens with zero attached hydrogens (tertiary/aromatic N) is 1. The molecule has 31 heavy (non-hydrogen) atoms. The van der Waals surface area contributed by atoms with Gasteiger partial charge in [0.2, 0.25) is 10.0 Å². The minimum Gasteiger partial charge on any atom is -0.348 e. The molecule has 1 aliphatic rings. The molecule has 0 spiro atoms. The Morgan fingerprint density at radius 2 is 1.84 bits per heavy atom. The quantitative estimate of drug-likeness (QED) is 0.638. The highest BCUT2D eigenvalue weighted by Gasteiger charge is 2.33. The number of carbonyl (C=O) groups is 2. The van der Waals surface area contributed by atoms with Gasteiger partial charge in [-0.15, -0.1) is 0 Å². The molecule has 10 heteroatoms. The maximum absolute atomic E-state index is 13.2. The first kappa shape index (κ1) is 23.2. The minimum absolute atomic E-state index is 0.132. The highest BCUT2D eigenvalue weighted by Crippen LogP contribution is 2.27. The van der Waals surface area contributed by atoms with Crippen molar-refractivity contribution in [2.24, 2.45) is 0 Å². The number of hydrogen-bond acceptors (Lipinski definition) is 4. The number of carbonyl (C=O) groups excluding carboxylic acids is 2. The van der Waals surface area contributed by atoms with E-state index in [0.29, 0.717) is 24.4 Å². The molecule has 1 atom stereocenters. The largest absolute Gasteiger partial charge is 0.348 e. The van der Waals surface area contributed by atoms with Gasteiger partial charge in [0, 0.05) is 29.8 Å². The molecule has 1 fully saturated rings. The fourth-order valence-electron chi connectivity index (χ4n) is 3.51. The molecule has 1 saturated heterocycles. The van der Waals surface area contributed by atoms with Gasteiger partial charge < -0.3 is 10.6 Å². The molecule has 0 bridgehead atoms. The Kier molecular flexibility index (Phi) is 7.64. The zero-order valence-corrected chi connectivity index (χ0v) is 18.3. The van der Waals surface area contributed by atoms with Crippen LogP contribution < -0.4 is 10.6 Å². The number of halogens is 2. The Hall–Kier alpha value is -2.49. The van der Waals surface area contributed by atoms with Gasteiger partial charge in [-0.1, -0.05) is 24.1 Å². The lowest BCUT2D eigenvalue weighted by Crippen LogP contribution is -2.45. The second-order valence-electron chi connectivity index (χ2n) is 7.23. The lowest BCUT2D eigenvalue weighted by molar-refractivity contribution is -0.136. The van der Waals surface area contributed by atoms with Crippen molar-refractivity contribution in [2.75, 3.05) is 18.4 Å². The van der Waals surface area contributed by atoms with Crippen LogP contribution in [0.25, 0.3) is 0 Å². The van der Waals surface area contributed by atoms with Crippen LogP contribution >= 0.6 is 11.6 Å². The van der Waals surface area contributed by atoms with Crippen LogP contribution in [0.5, 0.6) is 0 Å². The van der Waals surface area contributed by atoms with E-state index in [9.17, 15) is 22.4 Å². The van der Waals surface area contributed by atoms with Crippen molar-refractivity contribution >= 4 is 39.1 Å². The SMILES string of the molecule is O=C(NCC[C@@H]1CCCCN1S(=O)(=O)c1ccc(Cl)cc1)C(=O)Nc1cccc(F)c1. The van der Waals surface area contributed by atoms with Crippen molar-refractivity contribution < 1.29 is 22.4 Å². The first-order valence-corrected chi connectivity index (χ1v) is 11.7. The predicted molar refractivity (Wildman–Crippen MR) is 116 cm³/mol. The number of sulfonamides is 1. The van der Waals surface area contributed by atoms with Crippen LogP contribution in [0.2, 0.25) is 5.02 Å². The van der Waals surface area contributed by atoms with Crippen LogP contribution in [0.4, 0.5) is 10.1 Å². The van der Waals surface area contributed by atoms with Crippen LogP contribution in [0.1, 0.15) is 25.7 Å². The molecule has 2 aromatic rings. The lowest BCUT2D eigenvalue weighted by Gasteiger charge is -2.34. The lowest BCUT2D eigenvalue weighted by atomic mass is 10.0. The van der Waals surface area contributed by atoms with Gasteiger partial charge in [-0.05, 0) is 61.7 Å². The third-order valence-corrected chi connectivity index (χ3v) is 7.26. The molecule has 166 valence electrons. The average molecular weight is 468 g/mol. The van der Waals surface area contributed by atoms with E-state index in [4.69, 9.17) is 11.6 Å². The smallest absolute Gasteiger partial charge is 0.313 e. The van der Waals surface area contributed by atoms with Crippen LogP contribution in [0, 0.1) is 5.82 Å². The molecule has 1 aliphatic heterocycles. The highest BCUT2D eigenvalue weighted by atomic mass is 35.5. The molecule has 2 amide bonds. The van der Waals surface area contributed by atoms with Crippen molar-refractivity contribution in [3.8, 4) is 0 Å². The van der Waals surface area contributed by atoms with Gasteiger partial charge in [-0.2, -0.15) is 4.31 Å². The molecule has 2 N–H and O–H groups in total. The van der Waals surface area contributed by atoms with E-state index in [2.05, 4.69) is 10.6 Å². The fourth-order valence-corrected chi connectivity index (χ4v) is 5.36. The van der Waals surface area contributed by atoms with Crippen LogP contribution in [0.3, 0.4) is 0 Å². The number of anilines is 1. The summed E-state index contributed by atoms with van der Waals surface area (Å²) in [5.74, 6) is -2.32. The summed E-state index contributed by atoms with van der Waals surface area (Å²) in [5, 5.41) is 5.27. The van der Waals surface area contributed by atoms with Gasteiger partial charge in [-0.25, -0.2) is 12.8 Å². The third kappa shape index (κ3) is 6.03. The maximum Gasteiger partial charge on any atom is 0.313 e. The fraction of sp³-hybridized carbons (Fsp3) is 0.333. The summed E-state index contributed by atoms with van der Waals surface area (Å²) in [6.07, 6.45) is 2.67. The zero-order chi connectivity index (χ0) is 22.4. The Labute approximate surface area is 185 Å². The van der Waals surface area contributed by atoms with Crippen molar-refractivity contribution in [3.63, 3.8) is 0 Å². The summed E-state index contributed by atoms with van der Waals surface area (Å²) in [6.45, 7) is 0.524. The van der Waals surface area contributed by atoms with E-state index < -0.39 is 27.7 Å². The highest BCUT2D eigenvalue weighted by molar-refractivity contribution is 7.89. The molecular weight excluding hydrogens is 445 g/mol. The Morgan fingerprint density at radius 1 is 1.10 bits per heavy atom. The van der Waals surface area contributed by atoms with Gasteiger partial charge in [0.05, 0.1) is 4.90 Å². The average Bonchev–Trinajstić information content (AvgIpc) is 2.74. The van der Waals surface area contributed by atoms with Gasteiger partial charge in [0.15, 0.2) is 0 Å². The van der Waals surface area contributed by atoms with Gasteiger partial charge in [-0.3, -0.25) is 9.59 Å². The number of amides is 2. The van der Waals surface area contributed by atoms with Crippen LogP contribution in [-0.2, 0) is 19.6 Å². The number of nitrogens with one attached hydrogen (secondary N) is 2. The third-order valence-electron chi connectivity index (χ3n) is 5.05. The van der Waals surface area contributed by atoms with Crippen molar-refractivity contribution in [1.82, 2.24) is 9.62 Å². The van der Waals surface area contributed by atoms with E-state index in [1.807, 2.05) is 0 Å². The molecular formula is C21H23ClFN3O4S. The van der Waals surface area contributed by atoms with Crippen molar-refractivity contribution in [1.29, 1.82) is 0 Å². The molecule has 0 saturated carbocycles. The molecule has 0 aromatic heterocycles. The molecule has 1 heterocycles. The number of hydrogen-bond donors (Lipinski definition) is 2. The molecule has 7 nitrogen and oxygen atoms in total. The van der Waals surface area contributed by atoms with E-state index >= 15 is 0 Å². The second kappa shape index (κ2) is 10.2. The van der Waals surface area contributed by atoms with E-state index in [1.165, 1.54) is 46.8 Å². The monoisotopic (exact) mass is 467 g/mol. The normalized spacial score (nSPS) is 17.2. The maximum atomic E-state index is 13.2. The first-order valence-electron chi connectivity index (χ1n) is 9.89. The number of rotatable bonds is 6. The Balaban J connectivity index is 1.57. The molecule has 0 aliphatic carbocycles. The molecule has 2 aromatic carbocycles. The standard InChI is InChI=1S/C21H23ClFN3O4S/c22-15-7-9-19(10-8-15)31(29,30)26-13-2-1-6-18(26)11-12-24-20(27)21(28)25-17-5-3-4-16(23)14-17/h3-5,7-10,14,18H,1-2,6,11-13H2,(H,24,27)(H,25,28)/t18-/m0/s1. The summed E-state index contributed by atoms with van der Waals surface area (Å²) < 4.78 is 40.7. The van der Waals surface area contributed by atoms with Crippen LogP contribution in [0.15, 0.2) is 53.4 Å². The summed E-state index contributed by atoms with van der Waals surface area (Å²) in [7, 11) is -3.69. The van der Waals surface area contributed by atoms with Crippen molar-refractivity contribution in [3.05, 3.63) is 59.4 Å². The minimum atomic E-state index is -3.69. The van der Waals surface area contributed by atoms with Gasteiger partial charge in [0.25, 0.3) is 0 Å². The number of piperidine rings is 1. The molecule has 0 unspecified atom stereocenters. The predicted octanol–water partition coefficient (Wildman–Crippen LogP) is 3.17.